The number of carbonyl (C=O) groups is 1. The monoisotopic (exact) mass is 320 g/mol. The molecule has 0 radical (unpaired) electrons. The molecule has 1 aromatic carbocycles. The molecular weight excluding hydrogens is 291 g/mol. The summed E-state index contributed by atoms with van der Waals surface area (Å²) < 4.78 is 12.8. The number of nitrogens with one attached hydrogen (secondary N) is 1. The number of unbranched alkanes of at least 4 members (excludes halogenated alkanes) is 7. The molecule has 0 aliphatic carbocycles. The van der Waals surface area contributed by atoms with Crippen LogP contribution in [0.3, 0.4) is 0 Å². The van der Waals surface area contributed by atoms with E-state index in [0.29, 0.717) is 12.1 Å². The van der Waals surface area contributed by atoms with Crippen molar-refractivity contribution < 1.29 is 9.18 Å². The standard InChI is InChI=1S/C19H29FN2O/c1-3-4-5-6-7-8-9-10-11-19(23)22-21-16(2)17-12-14-18(20)15-13-17/h12-15H,3-11H2,1-2H3,(H,22,23)/b21-16+. The molecular formula is C19H29FN2O. The average Bonchev–Trinajstić information content (AvgIpc) is 2.55. The Labute approximate surface area is 139 Å². The molecule has 128 valence electrons. The molecule has 1 aromatic rings. The molecule has 1 N–H and O–H groups in total. The maximum absolute atomic E-state index is 12.8. The smallest absolute Gasteiger partial charge is 0.240 e. The Morgan fingerprint density at radius 1 is 1.00 bits per heavy atom. The van der Waals surface area contributed by atoms with E-state index in [4.69, 9.17) is 0 Å². The quantitative estimate of drug-likeness (QED) is 0.340. The van der Waals surface area contributed by atoms with E-state index in [1.165, 1.54) is 50.7 Å². The summed E-state index contributed by atoms with van der Waals surface area (Å²) in [6.07, 6.45) is 10.2. The fraction of sp³-hybridized carbons (Fsp3) is 0.579. The first-order chi connectivity index (χ1) is 11.1. The first kappa shape index (κ1) is 19.3. The van der Waals surface area contributed by atoms with Gasteiger partial charge in [0.1, 0.15) is 5.82 Å². The van der Waals surface area contributed by atoms with Crippen molar-refractivity contribution in [3.63, 3.8) is 0 Å². The van der Waals surface area contributed by atoms with Crippen LogP contribution >= 0.6 is 0 Å². The molecule has 0 unspecified atom stereocenters. The Balaban J connectivity index is 2.14. The fourth-order valence-corrected chi connectivity index (χ4v) is 2.38. The van der Waals surface area contributed by atoms with E-state index in [2.05, 4.69) is 17.5 Å². The third-order valence-corrected chi connectivity index (χ3v) is 3.87. The van der Waals surface area contributed by atoms with Crippen LogP contribution in [-0.4, -0.2) is 11.6 Å². The maximum atomic E-state index is 12.8. The summed E-state index contributed by atoms with van der Waals surface area (Å²) in [5, 5.41) is 4.07. The van der Waals surface area contributed by atoms with Gasteiger partial charge in [-0.15, -0.1) is 0 Å². The second kappa shape index (κ2) is 11.8. The number of benzene rings is 1. The minimum absolute atomic E-state index is 0.0579. The van der Waals surface area contributed by atoms with E-state index in [9.17, 15) is 9.18 Å². The summed E-state index contributed by atoms with van der Waals surface area (Å²) in [5.41, 5.74) is 4.05. The molecule has 0 aromatic heterocycles. The highest BCUT2D eigenvalue weighted by Gasteiger charge is 2.02. The van der Waals surface area contributed by atoms with E-state index in [1.54, 1.807) is 19.1 Å². The van der Waals surface area contributed by atoms with Crippen molar-refractivity contribution in [2.24, 2.45) is 5.10 Å². The van der Waals surface area contributed by atoms with E-state index in [0.717, 1.165) is 18.4 Å². The molecule has 0 saturated carbocycles. The summed E-state index contributed by atoms with van der Waals surface area (Å²) in [6.45, 7) is 4.02. The summed E-state index contributed by atoms with van der Waals surface area (Å²) in [6, 6.07) is 6.07. The molecule has 1 amide bonds. The number of hydrazone groups is 1. The Hall–Kier alpha value is -1.71. The van der Waals surface area contributed by atoms with Gasteiger partial charge in [0.2, 0.25) is 5.91 Å². The van der Waals surface area contributed by atoms with Crippen LogP contribution in [0.2, 0.25) is 0 Å². The lowest BCUT2D eigenvalue weighted by Crippen LogP contribution is -2.18. The highest BCUT2D eigenvalue weighted by Crippen LogP contribution is 2.09. The Morgan fingerprint density at radius 3 is 2.17 bits per heavy atom. The van der Waals surface area contributed by atoms with Crippen LogP contribution < -0.4 is 5.43 Å². The molecule has 0 fully saturated rings. The third-order valence-electron chi connectivity index (χ3n) is 3.87. The molecule has 0 bridgehead atoms. The van der Waals surface area contributed by atoms with E-state index in [1.807, 2.05) is 0 Å². The number of hydrogen-bond acceptors (Lipinski definition) is 2. The zero-order valence-electron chi connectivity index (χ0n) is 14.4. The lowest BCUT2D eigenvalue weighted by Gasteiger charge is -2.04. The van der Waals surface area contributed by atoms with Crippen LogP contribution in [0.5, 0.6) is 0 Å². The maximum Gasteiger partial charge on any atom is 0.240 e. The van der Waals surface area contributed by atoms with Gasteiger partial charge in [-0.3, -0.25) is 4.79 Å². The van der Waals surface area contributed by atoms with Gasteiger partial charge >= 0.3 is 0 Å². The van der Waals surface area contributed by atoms with Crippen molar-refractivity contribution in [1.29, 1.82) is 0 Å². The predicted octanol–water partition coefficient (Wildman–Crippen LogP) is 5.20. The average molecular weight is 320 g/mol. The van der Waals surface area contributed by atoms with Crippen LogP contribution in [0.4, 0.5) is 4.39 Å². The molecule has 4 heteroatoms. The molecule has 0 atom stereocenters. The Morgan fingerprint density at radius 2 is 1.57 bits per heavy atom. The molecule has 0 aliphatic heterocycles. The van der Waals surface area contributed by atoms with Crippen LogP contribution in [0.1, 0.15) is 77.2 Å². The van der Waals surface area contributed by atoms with Gasteiger partial charge in [-0.1, -0.05) is 64.0 Å². The molecule has 0 spiro atoms. The van der Waals surface area contributed by atoms with Crippen LogP contribution in [0, 0.1) is 5.82 Å². The number of halogens is 1. The second-order valence-corrected chi connectivity index (χ2v) is 5.96. The number of rotatable bonds is 11. The van der Waals surface area contributed by atoms with Gasteiger partial charge in [-0.05, 0) is 31.0 Å². The summed E-state index contributed by atoms with van der Waals surface area (Å²) >= 11 is 0. The molecule has 0 heterocycles. The lowest BCUT2D eigenvalue weighted by molar-refractivity contribution is -0.121. The van der Waals surface area contributed by atoms with Gasteiger partial charge in [-0.25, -0.2) is 9.82 Å². The SMILES string of the molecule is CCCCCCCCCCC(=O)N/N=C(\C)c1ccc(F)cc1. The molecule has 0 saturated heterocycles. The van der Waals surface area contributed by atoms with Crippen molar-refractivity contribution in [2.45, 2.75) is 71.6 Å². The molecule has 23 heavy (non-hydrogen) atoms. The Kier molecular flexibility index (Phi) is 9.92. The number of nitrogens with zero attached hydrogens (tertiary/aromatic N) is 1. The zero-order chi connectivity index (χ0) is 16.9. The van der Waals surface area contributed by atoms with Crippen molar-refractivity contribution in [2.75, 3.05) is 0 Å². The lowest BCUT2D eigenvalue weighted by atomic mass is 10.1. The van der Waals surface area contributed by atoms with Gasteiger partial charge in [0.05, 0.1) is 5.71 Å². The molecule has 1 rings (SSSR count). The predicted molar refractivity (Wildman–Crippen MR) is 94.0 cm³/mol. The normalized spacial score (nSPS) is 11.5. The van der Waals surface area contributed by atoms with Gasteiger partial charge < -0.3 is 0 Å². The second-order valence-electron chi connectivity index (χ2n) is 5.96. The van der Waals surface area contributed by atoms with Crippen LogP contribution in [-0.2, 0) is 4.79 Å². The van der Waals surface area contributed by atoms with E-state index < -0.39 is 0 Å². The van der Waals surface area contributed by atoms with Crippen molar-refractivity contribution >= 4 is 11.6 Å². The molecule has 3 nitrogen and oxygen atoms in total. The summed E-state index contributed by atoms with van der Waals surface area (Å²) in [4.78, 5) is 11.7. The minimum atomic E-state index is -0.278. The fourth-order valence-electron chi connectivity index (χ4n) is 2.38. The van der Waals surface area contributed by atoms with E-state index in [-0.39, 0.29) is 11.7 Å². The largest absolute Gasteiger partial charge is 0.273 e. The Bertz CT molecular complexity index is 483. The summed E-state index contributed by atoms with van der Waals surface area (Å²) in [5.74, 6) is -0.335. The highest BCUT2D eigenvalue weighted by atomic mass is 19.1. The summed E-state index contributed by atoms with van der Waals surface area (Å²) in [7, 11) is 0. The molecule has 0 aliphatic rings. The van der Waals surface area contributed by atoms with Gasteiger partial charge in [0, 0.05) is 6.42 Å². The zero-order valence-corrected chi connectivity index (χ0v) is 14.4. The van der Waals surface area contributed by atoms with Crippen LogP contribution in [0.25, 0.3) is 0 Å². The van der Waals surface area contributed by atoms with E-state index >= 15 is 0 Å². The first-order valence-electron chi connectivity index (χ1n) is 8.72. The first-order valence-corrected chi connectivity index (χ1v) is 8.72. The van der Waals surface area contributed by atoms with Crippen molar-refractivity contribution in [1.82, 2.24) is 5.43 Å². The number of amides is 1. The van der Waals surface area contributed by atoms with Gasteiger partial charge in [0.15, 0.2) is 0 Å². The topological polar surface area (TPSA) is 41.5 Å². The van der Waals surface area contributed by atoms with Gasteiger partial charge in [-0.2, -0.15) is 5.10 Å². The minimum Gasteiger partial charge on any atom is -0.273 e. The third kappa shape index (κ3) is 9.11. The number of carbonyl (C=O) groups excluding carboxylic acids is 1. The van der Waals surface area contributed by atoms with Crippen LogP contribution in [0.15, 0.2) is 29.4 Å². The number of hydrogen-bond donors (Lipinski definition) is 1. The van der Waals surface area contributed by atoms with Gasteiger partial charge in [0.25, 0.3) is 0 Å². The van der Waals surface area contributed by atoms with Crippen molar-refractivity contribution in [3.05, 3.63) is 35.6 Å². The highest BCUT2D eigenvalue weighted by molar-refractivity contribution is 5.99. The van der Waals surface area contributed by atoms with Crippen molar-refractivity contribution in [3.8, 4) is 0 Å².